The van der Waals surface area contributed by atoms with Crippen molar-refractivity contribution < 1.29 is 0 Å². The zero-order valence-electron chi connectivity index (χ0n) is 12.4. The van der Waals surface area contributed by atoms with Gasteiger partial charge < -0.3 is 10.2 Å². The van der Waals surface area contributed by atoms with Crippen molar-refractivity contribution in [1.82, 2.24) is 5.32 Å². The summed E-state index contributed by atoms with van der Waals surface area (Å²) in [6.07, 6.45) is 2.70. The fourth-order valence-electron chi connectivity index (χ4n) is 2.13. The van der Waals surface area contributed by atoms with E-state index in [1.807, 2.05) is 0 Å². The van der Waals surface area contributed by atoms with Crippen LogP contribution in [0, 0.1) is 6.92 Å². The molecule has 1 aliphatic carbocycles. The van der Waals surface area contributed by atoms with Crippen LogP contribution in [0.2, 0.25) is 0 Å². The van der Waals surface area contributed by atoms with E-state index in [-0.39, 0.29) is 5.54 Å². The summed E-state index contributed by atoms with van der Waals surface area (Å²) < 4.78 is 0. The van der Waals surface area contributed by atoms with Gasteiger partial charge >= 0.3 is 0 Å². The Morgan fingerprint density at radius 3 is 2.44 bits per heavy atom. The molecule has 1 saturated carbocycles. The number of anilines is 1. The third-order valence-electron chi connectivity index (χ3n) is 3.64. The summed E-state index contributed by atoms with van der Waals surface area (Å²) in [7, 11) is 2.21. The molecule has 18 heavy (non-hydrogen) atoms. The number of benzene rings is 1. The number of hydrogen-bond donors (Lipinski definition) is 1. The molecular weight excluding hydrogens is 220 g/mol. The molecule has 0 radical (unpaired) electrons. The van der Waals surface area contributed by atoms with Gasteiger partial charge in [-0.2, -0.15) is 0 Å². The van der Waals surface area contributed by atoms with Crippen LogP contribution >= 0.6 is 0 Å². The monoisotopic (exact) mass is 246 g/mol. The number of hydrogen-bond acceptors (Lipinski definition) is 2. The summed E-state index contributed by atoms with van der Waals surface area (Å²) in [5.41, 5.74) is 4.32. The molecule has 0 saturated heterocycles. The van der Waals surface area contributed by atoms with Gasteiger partial charge in [-0.25, -0.2) is 0 Å². The Hall–Kier alpha value is -1.02. The molecule has 1 aliphatic rings. The molecule has 2 nitrogen and oxygen atoms in total. The van der Waals surface area contributed by atoms with Crippen LogP contribution in [-0.4, -0.2) is 18.6 Å². The molecule has 0 amide bonds. The summed E-state index contributed by atoms with van der Waals surface area (Å²) in [6.45, 7) is 9.78. The van der Waals surface area contributed by atoms with Crippen LogP contribution in [0.25, 0.3) is 0 Å². The van der Waals surface area contributed by atoms with Gasteiger partial charge in [-0.3, -0.25) is 0 Å². The van der Waals surface area contributed by atoms with Crippen molar-refractivity contribution in [2.75, 3.05) is 11.9 Å². The number of rotatable bonds is 4. The third kappa shape index (κ3) is 3.49. The Labute approximate surface area is 111 Å². The molecule has 2 rings (SSSR count). The minimum absolute atomic E-state index is 0.177. The minimum atomic E-state index is 0.177. The van der Waals surface area contributed by atoms with Gasteiger partial charge in [0.25, 0.3) is 0 Å². The van der Waals surface area contributed by atoms with Crippen molar-refractivity contribution in [3.63, 3.8) is 0 Å². The zero-order chi connectivity index (χ0) is 13.3. The van der Waals surface area contributed by atoms with Crippen molar-refractivity contribution in [2.24, 2.45) is 0 Å². The Balaban J connectivity index is 2.05. The highest BCUT2D eigenvalue weighted by molar-refractivity contribution is 5.51. The van der Waals surface area contributed by atoms with Crippen LogP contribution in [0.3, 0.4) is 0 Å². The molecule has 0 unspecified atom stereocenters. The van der Waals surface area contributed by atoms with E-state index in [1.54, 1.807) is 0 Å². The average molecular weight is 246 g/mol. The van der Waals surface area contributed by atoms with Crippen molar-refractivity contribution in [3.05, 3.63) is 29.3 Å². The van der Waals surface area contributed by atoms with Gasteiger partial charge in [0.2, 0.25) is 0 Å². The van der Waals surface area contributed by atoms with E-state index in [2.05, 4.69) is 63.2 Å². The largest absolute Gasteiger partial charge is 0.372 e. The molecule has 0 atom stereocenters. The highest BCUT2D eigenvalue weighted by atomic mass is 15.2. The third-order valence-corrected chi connectivity index (χ3v) is 3.64. The Morgan fingerprint density at radius 2 is 1.94 bits per heavy atom. The number of nitrogens with one attached hydrogen (secondary N) is 1. The second-order valence-corrected chi connectivity index (χ2v) is 6.56. The fraction of sp³-hybridized carbons (Fsp3) is 0.625. The van der Waals surface area contributed by atoms with Gasteiger partial charge in [-0.1, -0.05) is 6.07 Å². The minimum Gasteiger partial charge on any atom is -0.372 e. The standard InChI is InChI=1S/C16H26N2/c1-12-10-15(18(5)14-8-9-14)7-6-13(12)11-17-16(2,3)4/h6-7,10,14,17H,8-9,11H2,1-5H3. The van der Waals surface area contributed by atoms with E-state index in [0.717, 1.165) is 12.6 Å². The fourth-order valence-corrected chi connectivity index (χ4v) is 2.13. The maximum Gasteiger partial charge on any atom is 0.0368 e. The SMILES string of the molecule is Cc1cc(N(C)C2CC2)ccc1CNC(C)(C)C. The summed E-state index contributed by atoms with van der Waals surface area (Å²) in [5.74, 6) is 0. The lowest BCUT2D eigenvalue weighted by atomic mass is 10.0. The summed E-state index contributed by atoms with van der Waals surface area (Å²) >= 11 is 0. The average Bonchev–Trinajstić information content (AvgIpc) is 3.09. The Bertz CT molecular complexity index is 414. The van der Waals surface area contributed by atoms with Gasteiger partial charge in [-0.15, -0.1) is 0 Å². The lowest BCUT2D eigenvalue weighted by molar-refractivity contribution is 0.424. The summed E-state index contributed by atoms with van der Waals surface area (Å²) in [5, 5.41) is 3.55. The van der Waals surface area contributed by atoms with Crippen LogP contribution in [-0.2, 0) is 6.54 Å². The van der Waals surface area contributed by atoms with Crippen LogP contribution in [0.15, 0.2) is 18.2 Å². The molecule has 100 valence electrons. The van der Waals surface area contributed by atoms with Crippen molar-refractivity contribution in [2.45, 2.75) is 58.7 Å². The molecule has 0 aliphatic heterocycles. The summed E-state index contributed by atoms with van der Waals surface area (Å²) in [6, 6.07) is 7.62. The van der Waals surface area contributed by atoms with Gasteiger partial charge in [-0.05, 0) is 63.8 Å². The predicted octanol–water partition coefficient (Wildman–Crippen LogP) is 3.48. The van der Waals surface area contributed by atoms with Crippen molar-refractivity contribution >= 4 is 5.69 Å². The number of aryl methyl sites for hydroxylation is 1. The molecule has 0 heterocycles. The first-order valence-corrected chi connectivity index (χ1v) is 6.94. The Kier molecular flexibility index (Phi) is 3.67. The van der Waals surface area contributed by atoms with Crippen LogP contribution in [0.4, 0.5) is 5.69 Å². The quantitative estimate of drug-likeness (QED) is 0.875. The molecule has 0 aromatic heterocycles. The Morgan fingerprint density at radius 1 is 1.28 bits per heavy atom. The lowest BCUT2D eigenvalue weighted by Crippen LogP contribution is -2.35. The van der Waals surface area contributed by atoms with E-state index >= 15 is 0 Å². The van der Waals surface area contributed by atoms with Crippen LogP contribution < -0.4 is 10.2 Å². The maximum absolute atomic E-state index is 3.55. The van der Waals surface area contributed by atoms with Crippen molar-refractivity contribution in [3.8, 4) is 0 Å². The highest BCUT2D eigenvalue weighted by Gasteiger charge is 2.26. The van der Waals surface area contributed by atoms with Gasteiger partial charge in [0.15, 0.2) is 0 Å². The van der Waals surface area contributed by atoms with Gasteiger partial charge in [0.1, 0.15) is 0 Å². The summed E-state index contributed by atoms with van der Waals surface area (Å²) in [4.78, 5) is 2.41. The predicted molar refractivity (Wildman–Crippen MR) is 79.2 cm³/mol. The second-order valence-electron chi connectivity index (χ2n) is 6.56. The van der Waals surface area contributed by atoms with Gasteiger partial charge in [0, 0.05) is 30.9 Å². The molecule has 2 heteroatoms. The molecular formula is C16H26N2. The van der Waals surface area contributed by atoms with Gasteiger partial charge in [0.05, 0.1) is 0 Å². The first kappa shape index (κ1) is 13.4. The molecule has 1 fully saturated rings. The maximum atomic E-state index is 3.55. The first-order valence-electron chi connectivity index (χ1n) is 6.94. The molecule has 0 spiro atoms. The molecule has 1 N–H and O–H groups in total. The topological polar surface area (TPSA) is 15.3 Å². The molecule has 1 aromatic rings. The zero-order valence-corrected chi connectivity index (χ0v) is 12.4. The van der Waals surface area contributed by atoms with E-state index in [9.17, 15) is 0 Å². The number of nitrogens with zero attached hydrogens (tertiary/aromatic N) is 1. The highest BCUT2D eigenvalue weighted by Crippen LogP contribution is 2.31. The first-order chi connectivity index (χ1) is 8.37. The molecule has 0 bridgehead atoms. The normalized spacial score (nSPS) is 15.8. The van der Waals surface area contributed by atoms with E-state index in [1.165, 1.54) is 29.7 Å². The van der Waals surface area contributed by atoms with Crippen molar-refractivity contribution in [1.29, 1.82) is 0 Å². The van der Waals surface area contributed by atoms with Crippen LogP contribution in [0.5, 0.6) is 0 Å². The smallest absolute Gasteiger partial charge is 0.0368 e. The van der Waals surface area contributed by atoms with Crippen LogP contribution in [0.1, 0.15) is 44.7 Å². The van der Waals surface area contributed by atoms with E-state index in [0.29, 0.717) is 0 Å². The molecule has 1 aromatic carbocycles. The second kappa shape index (κ2) is 4.93. The van der Waals surface area contributed by atoms with E-state index in [4.69, 9.17) is 0 Å². The lowest BCUT2D eigenvalue weighted by Gasteiger charge is -2.23. The van der Waals surface area contributed by atoms with E-state index < -0.39 is 0 Å².